The molecule has 1 amide bonds. The number of rotatable bonds is 4. The summed E-state index contributed by atoms with van der Waals surface area (Å²) in [6, 6.07) is 9.94. The van der Waals surface area contributed by atoms with Gasteiger partial charge in [0.2, 0.25) is 5.91 Å². The van der Waals surface area contributed by atoms with Crippen molar-refractivity contribution in [1.29, 1.82) is 0 Å². The van der Waals surface area contributed by atoms with Gasteiger partial charge in [-0.2, -0.15) is 0 Å². The zero-order valence-corrected chi connectivity index (χ0v) is 10.1. The SMILES string of the molecule is O=C(O)CN1CCN(Cc2ccccc2)CC1=O. The monoisotopic (exact) mass is 248 g/mol. The first-order valence-electron chi connectivity index (χ1n) is 5.91. The van der Waals surface area contributed by atoms with Crippen molar-refractivity contribution in [3.63, 3.8) is 0 Å². The van der Waals surface area contributed by atoms with Gasteiger partial charge < -0.3 is 10.0 Å². The Balaban J connectivity index is 1.88. The summed E-state index contributed by atoms with van der Waals surface area (Å²) in [6.07, 6.45) is 0. The fourth-order valence-electron chi connectivity index (χ4n) is 2.06. The Morgan fingerprint density at radius 2 is 1.94 bits per heavy atom. The molecule has 0 aromatic heterocycles. The number of carbonyl (C=O) groups excluding carboxylic acids is 1. The Labute approximate surface area is 106 Å². The number of hydrogen-bond donors (Lipinski definition) is 1. The van der Waals surface area contributed by atoms with Gasteiger partial charge in [0.15, 0.2) is 0 Å². The fraction of sp³-hybridized carbons (Fsp3) is 0.385. The zero-order chi connectivity index (χ0) is 13.0. The Kier molecular flexibility index (Phi) is 3.94. The highest BCUT2D eigenvalue weighted by atomic mass is 16.4. The number of benzene rings is 1. The van der Waals surface area contributed by atoms with Crippen molar-refractivity contribution in [2.75, 3.05) is 26.2 Å². The van der Waals surface area contributed by atoms with E-state index in [9.17, 15) is 9.59 Å². The normalized spacial score (nSPS) is 16.9. The summed E-state index contributed by atoms with van der Waals surface area (Å²) < 4.78 is 0. The Morgan fingerprint density at radius 3 is 2.56 bits per heavy atom. The van der Waals surface area contributed by atoms with Crippen LogP contribution in [0.15, 0.2) is 30.3 Å². The predicted molar refractivity (Wildman–Crippen MR) is 65.9 cm³/mol. The highest BCUT2D eigenvalue weighted by Crippen LogP contribution is 2.08. The number of piperazine rings is 1. The molecule has 1 saturated heterocycles. The molecule has 2 rings (SSSR count). The average Bonchev–Trinajstić information content (AvgIpc) is 2.33. The molecule has 18 heavy (non-hydrogen) atoms. The Morgan fingerprint density at radius 1 is 1.22 bits per heavy atom. The minimum Gasteiger partial charge on any atom is -0.480 e. The van der Waals surface area contributed by atoms with Crippen LogP contribution in [0, 0.1) is 0 Å². The number of aliphatic carboxylic acids is 1. The summed E-state index contributed by atoms with van der Waals surface area (Å²) in [6.45, 7) is 2.03. The van der Waals surface area contributed by atoms with Crippen molar-refractivity contribution in [3.8, 4) is 0 Å². The predicted octanol–water partition coefficient (Wildman–Crippen LogP) is 0.415. The largest absolute Gasteiger partial charge is 0.480 e. The van der Waals surface area contributed by atoms with E-state index in [1.807, 2.05) is 35.2 Å². The molecular formula is C13H16N2O3. The molecule has 96 valence electrons. The molecule has 1 aromatic carbocycles. The van der Waals surface area contributed by atoms with Crippen LogP contribution in [-0.2, 0) is 16.1 Å². The molecular weight excluding hydrogens is 232 g/mol. The molecule has 0 spiro atoms. The molecule has 1 N–H and O–H groups in total. The van der Waals surface area contributed by atoms with E-state index >= 15 is 0 Å². The van der Waals surface area contributed by atoms with Gasteiger partial charge in [-0.15, -0.1) is 0 Å². The van der Waals surface area contributed by atoms with Gasteiger partial charge in [0.25, 0.3) is 0 Å². The van der Waals surface area contributed by atoms with Gasteiger partial charge in [-0.25, -0.2) is 0 Å². The molecule has 0 aliphatic carbocycles. The molecule has 0 atom stereocenters. The van der Waals surface area contributed by atoms with Crippen LogP contribution in [0.2, 0.25) is 0 Å². The summed E-state index contributed by atoms with van der Waals surface area (Å²) in [4.78, 5) is 25.8. The maximum atomic E-state index is 11.8. The summed E-state index contributed by atoms with van der Waals surface area (Å²) in [7, 11) is 0. The van der Waals surface area contributed by atoms with Crippen molar-refractivity contribution in [2.24, 2.45) is 0 Å². The molecule has 1 heterocycles. The first kappa shape index (κ1) is 12.6. The lowest BCUT2D eigenvalue weighted by Crippen LogP contribution is -2.51. The molecule has 0 saturated carbocycles. The molecule has 1 aliphatic rings. The van der Waals surface area contributed by atoms with E-state index in [0.29, 0.717) is 19.6 Å². The minimum atomic E-state index is -0.958. The van der Waals surface area contributed by atoms with Crippen molar-refractivity contribution in [3.05, 3.63) is 35.9 Å². The second-order valence-electron chi connectivity index (χ2n) is 4.41. The minimum absolute atomic E-state index is 0.111. The number of amides is 1. The molecule has 0 radical (unpaired) electrons. The first-order chi connectivity index (χ1) is 8.65. The van der Waals surface area contributed by atoms with E-state index in [-0.39, 0.29) is 12.5 Å². The van der Waals surface area contributed by atoms with E-state index in [1.54, 1.807) is 0 Å². The van der Waals surface area contributed by atoms with Crippen LogP contribution in [0.3, 0.4) is 0 Å². The third kappa shape index (κ3) is 3.30. The van der Waals surface area contributed by atoms with Crippen LogP contribution in [-0.4, -0.2) is 53.0 Å². The Bertz CT molecular complexity index is 433. The number of carboxylic acid groups (broad SMARTS) is 1. The second kappa shape index (κ2) is 5.64. The van der Waals surface area contributed by atoms with Crippen LogP contribution in [0.4, 0.5) is 0 Å². The summed E-state index contributed by atoms with van der Waals surface area (Å²) in [5, 5.41) is 8.68. The van der Waals surface area contributed by atoms with E-state index in [1.165, 1.54) is 4.90 Å². The smallest absolute Gasteiger partial charge is 0.323 e. The van der Waals surface area contributed by atoms with Gasteiger partial charge in [-0.1, -0.05) is 30.3 Å². The molecule has 5 nitrogen and oxygen atoms in total. The highest BCUT2D eigenvalue weighted by molar-refractivity contribution is 5.83. The van der Waals surface area contributed by atoms with Crippen molar-refractivity contribution in [1.82, 2.24) is 9.80 Å². The van der Waals surface area contributed by atoms with Crippen LogP contribution in [0.25, 0.3) is 0 Å². The standard InChI is InChI=1S/C13H16N2O3/c16-12-9-14(6-7-15(12)10-13(17)18)8-11-4-2-1-3-5-11/h1-5H,6-10H2,(H,17,18). The average molecular weight is 248 g/mol. The number of carbonyl (C=O) groups is 2. The van der Waals surface area contributed by atoms with E-state index in [2.05, 4.69) is 0 Å². The lowest BCUT2D eigenvalue weighted by atomic mass is 10.2. The van der Waals surface area contributed by atoms with Gasteiger partial charge in [0, 0.05) is 19.6 Å². The van der Waals surface area contributed by atoms with Crippen LogP contribution < -0.4 is 0 Å². The van der Waals surface area contributed by atoms with E-state index in [0.717, 1.165) is 12.1 Å². The van der Waals surface area contributed by atoms with E-state index in [4.69, 9.17) is 5.11 Å². The van der Waals surface area contributed by atoms with E-state index < -0.39 is 5.97 Å². The lowest BCUT2D eigenvalue weighted by molar-refractivity contribution is -0.147. The number of carboxylic acids is 1. The van der Waals surface area contributed by atoms with Crippen LogP contribution >= 0.6 is 0 Å². The molecule has 1 aliphatic heterocycles. The quantitative estimate of drug-likeness (QED) is 0.838. The van der Waals surface area contributed by atoms with Crippen LogP contribution in [0.5, 0.6) is 0 Å². The van der Waals surface area contributed by atoms with Crippen molar-refractivity contribution >= 4 is 11.9 Å². The Hall–Kier alpha value is -1.88. The number of hydrogen-bond acceptors (Lipinski definition) is 3. The third-order valence-corrected chi connectivity index (χ3v) is 2.97. The number of nitrogens with zero attached hydrogens (tertiary/aromatic N) is 2. The van der Waals surface area contributed by atoms with Gasteiger partial charge in [-0.05, 0) is 5.56 Å². The first-order valence-corrected chi connectivity index (χ1v) is 5.91. The second-order valence-corrected chi connectivity index (χ2v) is 4.41. The highest BCUT2D eigenvalue weighted by Gasteiger charge is 2.25. The van der Waals surface area contributed by atoms with Crippen LogP contribution in [0.1, 0.15) is 5.56 Å². The van der Waals surface area contributed by atoms with Gasteiger partial charge >= 0.3 is 5.97 Å². The van der Waals surface area contributed by atoms with Crippen molar-refractivity contribution < 1.29 is 14.7 Å². The summed E-state index contributed by atoms with van der Waals surface area (Å²) >= 11 is 0. The molecule has 0 unspecified atom stereocenters. The maximum absolute atomic E-state index is 11.8. The van der Waals surface area contributed by atoms with Gasteiger partial charge in [-0.3, -0.25) is 14.5 Å². The van der Waals surface area contributed by atoms with Gasteiger partial charge in [0.1, 0.15) is 6.54 Å². The summed E-state index contributed by atoms with van der Waals surface area (Å²) in [5.41, 5.74) is 1.16. The molecule has 0 bridgehead atoms. The zero-order valence-electron chi connectivity index (χ0n) is 10.1. The molecule has 1 fully saturated rings. The maximum Gasteiger partial charge on any atom is 0.323 e. The molecule has 5 heteroatoms. The van der Waals surface area contributed by atoms with Gasteiger partial charge in [0.05, 0.1) is 6.54 Å². The van der Waals surface area contributed by atoms with Crippen molar-refractivity contribution in [2.45, 2.75) is 6.54 Å². The third-order valence-electron chi connectivity index (χ3n) is 2.97. The summed E-state index contributed by atoms with van der Waals surface area (Å²) in [5.74, 6) is -1.07. The fourth-order valence-corrected chi connectivity index (χ4v) is 2.06. The molecule has 1 aromatic rings. The topological polar surface area (TPSA) is 60.9 Å². The lowest BCUT2D eigenvalue weighted by Gasteiger charge is -2.33.